The summed E-state index contributed by atoms with van der Waals surface area (Å²) in [4.78, 5) is 25.7. The predicted octanol–water partition coefficient (Wildman–Crippen LogP) is 2.20. The summed E-state index contributed by atoms with van der Waals surface area (Å²) < 4.78 is 18.7. The first kappa shape index (κ1) is 30.1. The van der Waals surface area contributed by atoms with Crippen molar-refractivity contribution in [2.45, 2.75) is 94.8 Å². The van der Waals surface area contributed by atoms with Crippen molar-refractivity contribution in [3.05, 3.63) is 59.7 Å². The minimum Gasteiger partial charge on any atom is -0.463 e. The minimum atomic E-state index is -2.42. The Kier molecular flexibility index (Phi) is 6.82. The Morgan fingerprint density at radius 2 is 1.71 bits per heavy atom. The molecule has 1 saturated heterocycles. The molecule has 0 radical (unpaired) electrons. The van der Waals surface area contributed by atoms with Gasteiger partial charge in [-0.3, -0.25) is 9.59 Å². The summed E-state index contributed by atoms with van der Waals surface area (Å²) >= 11 is 0. The van der Waals surface area contributed by atoms with Gasteiger partial charge in [0.1, 0.15) is 24.4 Å². The van der Waals surface area contributed by atoms with E-state index in [-0.39, 0.29) is 5.57 Å². The SMILES string of the molecule is C=C(C)[C@]1(O)[C@H](C)[C@@H](C)[C@]2(OC(C)(C)c3ccccc3)C3C=C(C)C(=O)[C@@]3(O)[C@H](O)[C@@]3(COC(C)=O)O[C@H]3[C@H]2[C@H]1O. The van der Waals surface area contributed by atoms with Crippen LogP contribution in [0.4, 0.5) is 0 Å². The van der Waals surface area contributed by atoms with E-state index in [2.05, 4.69) is 6.58 Å². The van der Waals surface area contributed by atoms with Crippen LogP contribution in [0.15, 0.2) is 54.1 Å². The number of esters is 1. The number of aliphatic hydroxyl groups excluding tert-OH is 2. The van der Waals surface area contributed by atoms with Gasteiger partial charge in [-0.1, -0.05) is 56.8 Å². The van der Waals surface area contributed by atoms with E-state index in [0.29, 0.717) is 5.57 Å². The number of aliphatic hydroxyl groups is 4. The van der Waals surface area contributed by atoms with E-state index in [4.69, 9.17) is 14.2 Å². The summed E-state index contributed by atoms with van der Waals surface area (Å²) in [6.07, 6.45) is -2.80. The zero-order chi connectivity index (χ0) is 30.5. The number of carbonyl (C=O) groups excluding carboxylic acids is 2. The van der Waals surface area contributed by atoms with Gasteiger partial charge in [-0.2, -0.15) is 0 Å². The maximum Gasteiger partial charge on any atom is 0.302 e. The fraction of sp³-hybridized carbons (Fsp3) is 0.625. The largest absolute Gasteiger partial charge is 0.463 e. The molecule has 1 aromatic carbocycles. The highest BCUT2D eigenvalue weighted by Crippen LogP contribution is 2.68. The molecule has 5 rings (SSSR count). The van der Waals surface area contributed by atoms with Crippen LogP contribution in [0.5, 0.6) is 0 Å². The van der Waals surface area contributed by atoms with Crippen molar-refractivity contribution in [2.24, 2.45) is 23.7 Å². The number of hydrogen-bond donors (Lipinski definition) is 4. The normalized spacial score (nSPS) is 45.1. The summed E-state index contributed by atoms with van der Waals surface area (Å²) in [6, 6.07) is 9.44. The Morgan fingerprint density at radius 3 is 2.27 bits per heavy atom. The molecule has 1 aliphatic heterocycles. The summed E-state index contributed by atoms with van der Waals surface area (Å²) in [6.45, 7) is 15.3. The molecular weight excluding hydrogens is 528 g/mol. The molecule has 1 aromatic rings. The lowest BCUT2D eigenvalue weighted by Gasteiger charge is -2.63. The highest BCUT2D eigenvalue weighted by Gasteiger charge is 2.85. The van der Waals surface area contributed by atoms with Crippen LogP contribution >= 0.6 is 0 Å². The lowest BCUT2D eigenvalue weighted by Crippen LogP contribution is -2.74. The van der Waals surface area contributed by atoms with Crippen LogP contribution in [0.3, 0.4) is 0 Å². The molecule has 0 bridgehead atoms. The van der Waals surface area contributed by atoms with Gasteiger partial charge >= 0.3 is 5.97 Å². The van der Waals surface area contributed by atoms with Gasteiger partial charge in [0.25, 0.3) is 0 Å². The zero-order valence-electron chi connectivity index (χ0n) is 24.7. The number of benzene rings is 1. The molecule has 0 aromatic heterocycles. The fourth-order valence-corrected chi connectivity index (χ4v) is 8.22. The molecular formula is C32H42O9. The van der Waals surface area contributed by atoms with Crippen LogP contribution in [-0.2, 0) is 29.4 Å². The van der Waals surface area contributed by atoms with Gasteiger partial charge in [0.15, 0.2) is 17.0 Å². The summed E-state index contributed by atoms with van der Waals surface area (Å²) in [5.41, 5.74) is -7.14. The second-order valence-electron chi connectivity index (χ2n) is 13.1. The van der Waals surface area contributed by atoms with Crippen LogP contribution in [-0.4, -0.2) is 79.5 Å². The standard InChI is InChI=1S/C32H42O9/c1-16(2)30(37)18(4)19(5)32(41-28(7,8)21-12-10-9-11-13-21)22-14-17(3)24(34)31(22,38)27(36)29(15-39-20(6)33)26(40-29)23(32)25(30)35/h9-14,18-19,22-23,25-27,35-38H,1,15H2,2-8H3/t18-,19-,22?,23-,25-,26+,27-,29+,30+,31-,32+/m1/s1. The average Bonchev–Trinajstić information content (AvgIpc) is 3.60. The second kappa shape index (κ2) is 9.30. The monoisotopic (exact) mass is 570 g/mol. The Hall–Kier alpha value is -2.40. The Labute approximate surface area is 240 Å². The van der Waals surface area contributed by atoms with Crippen LogP contribution < -0.4 is 0 Å². The number of carbonyl (C=O) groups is 2. The Morgan fingerprint density at radius 1 is 1.10 bits per heavy atom. The summed E-state index contributed by atoms with van der Waals surface area (Å²) in [5, 5.41) is 48.6. The summed E-state index contributed by atoms with van der Waals surface area (Å²) in [7, 11) is 0. The summed E-state index contributed by atoms with van der Waals surface area (Å²) in [5.74, 6) is -4.84. The van der Waals surface area contributed by atoms with E-state index >= 15 is 0 Å². The van der Waals surface area contributed by atoms with Crippen molar-refractivity contribution in [2.75, 3.05) is 6.61 Å². The van der Waals surface area contributed by atoms with Gasteiger partial charge in [-0.15, -0.1) is 0 Å². The topological polar surface area (TPSA) is 146 Å². The van der Waals surface area contributed by atoms with E-state index in [0.717, 1.165) is 5.56 Å². The number of fused-ring (bicyclic) bond motifs is 5. The molecule has 9 heteroatoms. The van der Waals surface area contributed by atoms with Gasteiger partial charge in [-0.25, -0.2) is 0 Å². The molecule has 1 unspecified atom stereocenters. The number of hydrogen-bond acceptors (Lipinski definition) is 9. The molecule has 4 N–H and O–H groups in total. The van der Waals surface area contributed by atoms with Gasteiger partial charge in [0.05, 0.1) is 17.3 Å². The molecule has 0 amide bonds. The molecule has 41 heavy (non-hydrogen) atoms. The lowest BCUT2D eigenvalue weighted by atomic mass is 9.50. The first-order valence-corrected chi connectivity index (χ1v) is 14.2. The van der Waals surface area contributed by atoms with Crippen LogP contribution in [0.25, 0.3) is 0 Å². The quantitative estimate of drug-likeness (QED) is 0.230. The van der Waals surface area contributed by atoms with Gasteiger partial charge in [0.2, 0.25) is 0 Å². The third-order valence-corrected chi connectivity index (χ3v) is 10.6. The van der Waals surface area contributed by atoms with Crippen molar-refractivity contribution < 1.29 is 44.2 Å². The van der Waals surface area contributed by atoms with E-state index in [1.165, 1.54) is 6.92 Å². The van der Waals surface area contributed by atoms with Crippen LogP contribution in [0.1, 0.15) is 54.0 Å². The number of rotatable bonds is 6. The van der Waals surface area contributed by atoms with E-state index in [9.17, 15) is 30.0 Å². The predicted molar refractivity (Wildman–Crippen MR) is 148 cm³/mol. The van der Waals surface area contributed by atoms with Gasteiger partial charge in [0, 0.05) is 18.8 Å². The van der Waals surface area contributed by atoms with Gasteiger partial charge < -0.3 is 34.6 Å². The molecule has 4 aliphatic rings. The van der Waals surface area contributed by atoms with E-state index < -0.39 is 88.3 Å². The number of ether oxygens (including phenoxy) is 3. The minimum absolute atomic E-state index is 0.229. The van der Waals surface area contributed by atoms with E-state index in [1.807, 2.05) is 51.1 Å². The second-order valence-corrected chi connectivity index (χ2v) is 13.1. The fourth-order valence-electron chi connectivity index (χ4n) is 8.22. The number of epoxide rings is 1. The smallest absolute Gasteiger partial charge is 0.302 e. The third-order valence-electron chi connectivity index (χ3n) is 10.6. The molecule has 3 aliphatic carbocycles. The third kappa shape index (κ3) is 3.76. The molecule has 11 atom stereocenters. The Bertz CT molecular complexity index is 1310. The molecule has 2 saturated carbocycles. The van der Waals surface area contributed by atoms with Crippen molar-refractivity contribution in [1.82, 2.24) is 0 Å². The average molecular weight is 571 g/mol. The maximum atomic E-state index is 13.8. The van der Waals surface area contributed by atoms with Crippen molar-refractivity contribution in [3.63, 3.8) is 0 Å². The Balaban J connectivity index is 1.82. The van der Waals surface area contributed by atoms with E-state index in [1.54, 1.807) is 26.8 Å². The molecule has 0 spiro atoms. The number of Topliss-reactive ketones (excluding diaryl/α,β-unsaturated/α-hetero) is 1. The highest BCUT2D eigenvalue weighted by molar-refractivity contribution is 6.05. The van der Waals surface area contributed by atoms with Crippen LogP contribution in [0, 0.1) is 23.7 Å². The van der Waals surface area contributed by atoms with Crippen molar-refractivity contribution >= 4 is 11.8 Å². The number of ketones is 1. The zero-order valence-corrected chi connectivity index (χ0v) is 24.7. The first-order chi connectivity index (χ1) is 18.9. The molecule has 9 nitrogen and oxygen atoms in total. The van der Waals surface area contributed by atoms with Crippen molar-refractivity contribution in [3.8, 4) is 0 Å². The maximum absolute atomic E-state index is 13.8. The first-order valence-electron chi connectivity index (χ1n) is 14.2. The van der Waals surface area contributed by atoms with Crippen LogP contribution in [0.2, 0.25) is 0 Å². The molecule has 3 fully saturated rings. The van der Waals surface area contributed by atoms with Gasteiger partial charge in [-0.05, 0) is 56.2 Å². The van der Waals surface area contributed by atoms with Crippen molar-refractivity contribution in [1.29, 1.82) is 0 Å². The lowest BCUT2D eigenvalue weighted by molar-refractivity contribution is -0.311. The molecule has 224 valence electrons. The molecule has 1 heterocycles. The highest BCUT2D eigenvalue weighted by atomic mass is 16.7.